The highest BCUT2D eigenvalue weighted by molar-refractivity contribution is 5.78. The van der Waals surface area contributed by atoms with E-state index in [1.807, 2.05) is 4.90 Å². The van der Waals surface area contributed by atoms with Gasteiger partial charge in [-0.3, -0.25) is 4.79 Å². The van der Waals surface area contributed by atoms with E-state index in [9.17, 15) is 9.18 Å². The zero-order valence-corrected chi connectivity index (χ0v) is 14.7. The molecule has 3 rings (SSSR count). The number of hydrogen-bond acceptors (Lipinski definition) is 4. The summed E-state index contributed by atoms with van der Waals surface area (Å²) in [5.41, 5.74) is 0.593. The number of aromatic nitrogens is 2. The van der Waals surface area contributed by atoms with Crippen LogP contribution in [0.25, 0.3) is 11.4 Å². The second-order valence-corrected chi connectivity index (χ2v) is 6.60. The van der Waals surface area contributed by atoms with Crippen LogP contribution in [0.4, 0.5) is 4.39 Å². The molecular formula is C19H24FN3O2. The van der Waals surface area contributed by atoms with Gasteiger partial charge < -0.3 is 9.42 Å². The Morgan fingerprint density at radius 1 is 1.40 bits per heavy atom. The molecule has 0 radical (unpaired) electrons. The van der Waals surface area contributed by atoms with Gasteiger partial charge in [0.05, 0.1) is 5.92 Å². The van der Waals surface area contributed by atoms with Crippen molar-refractivity contribution in [2.75, 3.05) is 13.1 Å². The lowest BCUT2D eigenvalue weighted by molar-refractivity contribution is -0.137. The normalized spacial score (nSPS) is 17.9. The number of nitrogens with zero attached hydrogens (tertiary/aromatic N) is 3. The lowest BCUT2D eigenvalue weighted by Gasteiger charge is -2.33. The van der Waals surface area contributed by atoms with Crippen LogP contribution in [-0.2, 0) is 4.79 Å². The Labute approximate surface area is 147 Å². The summed E-state index contributed by atoms with van der Waals surface area (Å²) < 4.78 is 18.8. The van der Waals surface area contributed by atoms with Crippen LogP contribution in [0.1, 0.15) is 51.3 Å². The molecule has 0 aliphatic carbocycles. The van der Waals surface area contributed by atoms with Gasteiger partial charge in [-0.1, -0.05) is 31.1 Å². The number of rotatable bonds is 5. The Kier molecular flexibility index (Phi) is 5.46. The van der Waals surface area contributed by atoms with Crippen LogP contribution in [0.3, 0.4) is 0 Å². The molecule has 0 spiro atoms. The highest BCUT2D eigenvalue weighted by atomic mass is 19.1. The van der Waals surface area contributed by atoms with Gasteiger partial charge in [-0.25, -0.2) is 4.39 Å². The van der Waals surface area contributed by atoms with E-state index in [2.05, 4.69) is 24.0 Å². The number of carbonyl (C=O) groups excluding carboxylic acids is 1. The molecule has 1 saturated heterocycles. The molecule has 1 atom stereocenters. The molecule has 25 heavy (non-hydrogen) atoms. The molecule has 0 unspecified atom stereocenters. The minimum atomic E-state index is -0.330. The summed E-state index contributed by atoms with van der Waals surface area (Å²) in [6, 6.07) is 6.14. The van der Waals surface area contributed by atoms with Crippen LogP contribution in [0.15, 0.2) is 28.8 Å². The van der Waals surface area contributed by atoms with Crippen molar-refractivity contribution in [1.82, 2.24) is 15.0 Å². The molecule has 2 aromatic rings. The van der Waals surface area contributed by atoms with E-state index in [0.717, 1.165) is 32.2 Å². The van der Waals surface area contributed by atoms with Crippen molar-refractivity contribution in [2.45, 2.75) is 45.4 Å². The average Bonchev–Trinajstić information content (AvgIpc) is 3.13. The van der Waals surface area contributed by atoms with Gasteiger partial charge in [0.25, 0.3) is 0 Å². The Hall–Kier alpha value is -2.24. The monoisotopic (exact) mass is 345 g/mol. The fourth-order valence-electron chi connectivity index (χ4n) is 3.42. The fraction of sp³-hybridized carbons (Fsp3) is 0.526. The lowest BCUT2D eigenvalue weighted by atomic mass is 9.95. The molecule has 1 fully saturated rings. The van der Waals surface area contributed by atoms with Gasteiger partial charge >= 0.3 is 0 Å². The number of piperidine rings is 1. The SMILES string of the molecule is CCC(CC)C(=O)N1CCC[C@H](c2nc(-c3cccc(F)c3)no2)C1. The molecule has 5 nitrogen and oxygen atoms in total. The quantitative estimate of drug-likeness (QED) is 0.821. The maximum absolute atomic E-state index is 13.4. The van der Waals surface area contributed by atoms with Crippen molar-refractivity contribution in [3.8, 4) is 11.4 Å². The zero-order valence-electron chi connectivity index (χ0n) is 14.7. The molecular weight excluding hydrogens is 321 g/mol. The molecule has 1 aliphatic rings. The molecule has 0 bridgehead atoms. The molecule has 6 heteroatoms. The van der Waals surface area contributed by atoms with Crippen LogP contribution in [0, 0.1) is 11.7 Å². The van der Waals surface area contributed by atoms with Crippen LogP contribution in [0.2, 0.25) is 0 Å². The summed E-state index contributed by atoms with van der Waals surface area (Å²) in [4.78, 5) is 19.0. The van der Waals surface area contributed by atoms with Gasteiger partial charge in [0.2, 0.25) is 17.6 Å². The molecule has 0 N–H and O–H groups in total. The summed E-state index contributed by atoms with van der Waals surface area (Å²) in [6.45, 7) is 5.50. The third-order valence-corrected chi connectivity index (χ3v) is 4.94. The van der Waals surface area contributed by atoms with E-state index in [-0.39, 0.29) is 23.6 Å². The van der Waals surface area contributed by atoms with Crippen molar-refractivity contribution in [1.29, 1.82) is 0 Å². The summed E-state index contributed by atoms with van der Waals surface area (Å²) >= 11 is 0. The van der Waals surface area contributed by atoms with Crippen LogP contribution in [-0.4, -0.2) is 34.0 Å². The standard InChI is InChI=1S/C19H24FN3O2/c1-3-13(4-2)19(24)23-10-6-8-15(12-23)18-21-17(22-25-18)14-7-5-9-16(20)11-14/h5,7,9,11,13,15H,3-4,6,8,10,12H2,1-2H3/t15-/m0/s1. The molecule has 0 saturated carbocycles. The first-order valence-electron chi connectivity index (χ1n) is 9.00. The maximum atomic E-state index is 13.4. The van der Waals surface area contributed by atoms with E-state index in [4.69, 9.17) is 4.52 Å². The highest BCUT2D eigenvalue weighted by Gasteiger charge is 2.30. The first kappa shape index (κ1) is 17.6. The first-order chi connectivity index (χ1) is 12.1. The van der Waals surface area contributed by atoms with Gasteiger partial charge in [0, 0.05) is 24.6 Å². The number of hydrogen-bond donors (Lipinski definition) is 0. The number of amides is 1. The average molecular weight is 345 g/mol. The zero-order chi connectivity index (χ0) is 17.8. The van der Waals surface area contributed by atoms with Gasteiger partial charge in [-0.05, 0) is 37.8 Å². The molecule has 1 aliphatic heterocycles. The molecule has 1 aromatic carbocycles. The van der Waals surface area contributed by atoms with Crippen molar-refractivity contribution >= 4 is 5.91 Å². The molecule has 2 heterocycles. The van der Waals surface area contributed by atoms with Gasteiger partial charge in [-0.15, -0.1) is 0 Å². The van der Waals surface area contributed by atoms with Crippen molar-refractivity contribution in [2.24, 2.45) is 5.92 Å². The summed E-state index contributed by atoms with van der Waals surface area (Å²) in [7, 11) is 0. The van der Waals surface area contributed by atoms with E-state index >= 15 is 0 Å². The van der Waals surface area contributed by atoms with E-state index in [0.29, 0.717) is 23.8 Å². The molecule has 1 amide bonds. The Balaban J connectivity index is 1.73. The highest BCUT2D eigenvalue weighted by Crippen LogP contribution is 2.29. The van der Waals surface area contributed by atoms with E-state index < -0.39 is 0 Å². The third-order valence-electron chi connectivity index (χ3n) is 4.94. The predicted molar refractivity (Wildman–Crippen MR) is 92.3 cm³/mol. The number of halogens is 1. The second kappa shape index (κ2) is 7.76. The Morgan fingerprint density at radius 2 is 2.20 bits per heavy atom. The van der Waals surface area contributed by atoms with E-state index in [1.54, 1.807) is 12.1 Å². The molecule has 1 aromatic heterocycles. The second-order valence-electron chi connectivity index (χ2n) is 6.60. The summed E-state index contributed by atoms with van der Waals surface area (Å²) in [5.74, 6) is 0.938. The minimum absolute atomic E-state index is 0.0434. The first-order valence-corrected chi connectivity index (χ1v) is 9.00. The topological polar surface area (TPSA) is 59.2 Å². The van der Waals surface area contributed by atoms with Crippen molar-refractivity contribution in [3.63, 3.8) is 0 Å². The van der Waals surface area contributed by atoms with Crippen LogP contribution >= 0.6 is 0 Å². The maximum Gasteiger partial charge on any atom is 0.231 e. The van der Waals surface area contributed by atoms with E-state index in [1.165, 1.54) is 12.1 Å². The van der Waals surface area contributed by atoms with Gasteiger partial charge in [0.15, 0.2) is 0 Å². The smallest absolute Gasteiger partial charge is 0.231 e. The Bertz CT molecular complexity index is 727. The van der Waals surface area contributed by atoms with Crippen LogP contribution < -0.4 is 0 Å². The summed E-state index contributed by atoms with van der Waals surface area (Å²) in [6.07, 6.45) is 3.56. The lowest BCUT2D eigenvalue weighted by Crippen LogP contribution is -2.42. The van der Waals surface area contributed by atoms with Crippen LogP contribution in [0.5, 0.6) is 0 Å². The van der Waals surface area contributed by atoms with Gasteiger partial charge in [-0.2, -0.15) is 4.98 Å². The molecule has 134 valence electrons. The number of carbonyl (C=O) groups is 1. The Morgan fingerprint density at radius 3 is 2.92 bits per heavy atom. The van der Waals surface area contributed by atoms with Crippen molar-refractivity contribution in [3.05, 3.63) is 36.0 Å². The summed E-state index contributed by atoms with van der Waals surface area (Å²) in [5, 5.41) is 3.98. The largest absolute Gasteiger partial charge is 0.342 e. The predicted octanol–water partition coefficient (Wildman–Crippen LogP) is 4.02. The fourth-order valence-corrected chi connectivity index (χ4v) is 3.42. The number of benzene rings is 1. The van der Waals surface area contributed by atoms with Crippen molar-refractivity contribution < 1.29 is 13.7 Å². The third kappa shape index (κ3) is 3.89. The van der Waals surface area contributed by atoms with Gasteiger partial charge in [0.1, 0.15) is 5.82 Å². The number of likely N-dealkylation sites (tertiary alicyclic amines) is 1. The minimum Gasteiger partial charge on any atom is -0.342 e.